The van der Waals surface area contributed by atoms with Gasteiger partial charge >= 0.3 is 0 Å². The van der Waals surface area contributed by atoms with Crippen LogP contribution in [0.3, 0.4) is 0 Å². The molecule has 1 atom stereocenters. The summed E-state index contributed by atoms with van der Waals surface area (Å²) < 4.78 is 8.38. The van der Waals surface area contributed by atoms with Crippen molar-refractivity contribution in [3.8, 4) is 17.0 Å². The van der Waals surface area contributed by atoms with Gasteiger partial charge in [0.05, 0.1) is 39.6 Å². The van der Waals surface area contributed by atoms with E-state index in [1.165, 1.54) is 38.8 Å². The number of nitrogens with one attached hydrogen (secondary N) is 1. The van der Waals surface area contributed by atoms with Gasteiger partial charge in [-0.1, -0.05) is 18.5 Å². The highest BCUT2D eigenvalue weighted by atomic mass is 35.5. The van der Waals surface area contributed by atoms with E-state index in [0.717, 1.165) is 59.7 Å². The second kappa shape index (κ2) is 12.2. The summed E-state index contributed by atoms with van der Waals surface area (Å²) in [6.45, 7) is 9.82. The second-order valence-electron chi connectivity index (χ2n) is 13.4. The van der Waals surface area contributed by atoms with Crippen molar-refractivity contribution in [2.24, 2.45) is 11.3 Å². The number of benzene rings is 1. The molecule has 2 bridgehead atoms. The highest BCUT2D eigenvalue weighted by Gasteiger charge is 2.37. The molecule has 9 nitrogen and oxygen atoms in total. The number of halogens is 1. The van der Waals surface area contributed by atoms with Gasteiger partial charge in [-0.3, -0.25) is 20.1 Å². The zero-order valence-corrected chi connectivity index (χ0v) is 27.2. The van der Waals surface area contributed by atoms with Crippen molar-refractivity contribution >= 4 is 40.2 Å². The van der Waals surface area contributed by atoms with E-state index in [0.29, 0.717) is 46.7 Å². The third-order valence-corrected chi connectivity index (χ3v) is 10.4. The largest absolute Gasteiger partial charge is 0.493 e. The molecule has 3 aliphatic rings. The van der Waals surface area contributed by atoms with Crippen molar-refractivity contribution in [3.05, 3.63) is 59.0 Å². The number of likely N-dealkylation sites (tertiary alicyclic amines) is 1. The number of carbonyl (C=O) groups is 1. The SMILES string of the molecule is Cc1cc2cc(n1)-c1cnccc1OCCC[C@@H](C)Cn1c(nc3cc(Cl)c(N4CCC5(CCN(C)CC5)CC4)cc31)NC2=O. The highest BCUT2D eigenvalue weighted by Crippen LogP contribution is 2.43. The molecule has 0 aliphatic carbocycles. The number of amides is 1. The number of carbonyl (C=O) groups excluding carboxylic acids is 1. The molecule has 0 radical (unpaired) electrons. The minimum absolute atomic E-state index is 0.238. The van der Waals surface area contributed by atoms with Crippen LogP contribution in [0.1, 0.15) is 61.5 Å². The first-order chi connectivity index (χ1) is 21.8. The van der Waals surface area contributed by atoms with E-state index in [4.69, 9.17) is 26.3 Å². The van der Waals surface area contributed by atoms with E-state index in [9.17, 15) is 4.79 Å². The van der Waals surface area contributed by atoms with E-state index in [2.05, 4.69) is 44.7 Å². The average Bonchev–Trinajstić information content (AvgIpc) is 3.35. The van der Waals surface area contributed by atoms with Crippen molar-refractivity contribution in [3.63, 3.8) is 0 Å². The number of aromatic nitrogens is 4. The number of fused-ring (bicyclic) bond motifs is 7. The van der Waals surface area contributed by atoms with E-state index in [1.54, 1.807) is 24.5 Å². The van der Waals surface area contributed by atoms with Crippen molar-refractivity contribution in [2.45, 2.75) is 58.9 Å². The molecule has 3 aliphatic heterocycles. The van der Waals surface area contributed by atoms with Gasteiger partial charge in [-0.05, 0) is 107 Å². The topological polar surface area (TPSA) is 88.4 Å². The van der Waals surface area contributed by atoms with Crippen LogP contribution in [0, 0.1) is 18.3 Å². The third-order valence-electron chi connectivity index (χ3n) is 10.1. The number of ether oxygens (including phenoxy) is 1. The number of nitrogens with zero attached hydrogens (tertiary/aromatic N) is 6. The van der Waals surface area contributed by atoms with Crippen molar-refractivity contribution in [2.75, 3.05) is 50.1 Å². The maximum Gasteiger partial charge on any atom is 0.258 e. The molecular weight excluding hydrogens is 586 g/mol. The van der Waals surface area contributed by atoms with E-state index >= 15 is 0 Å². The molecule has 1 amide bonds. The Morgan fingerprint density at radius 2 is 1.82 bits per heavy atom. The molecule has 2 saturated heterocycles. The van der Waals surface area contributed by atoms with Crippen molar-refractivity contribution in [1.82, 2.24) is 24.4 Å². The zero-order valence-electron chi connectivity index (χ0n) is 26.5. The van der Waals surface area contributed by atoms with Crippen LogP contribution in [0.5, 0.6) is 5.75 Å². The predicted octanol–water partition coefficient (Wildman–Crippen LogP) is 6.83. The van der Waals surface area contributed by atoms with Crippen molar-refractivity contribution in [1.29, 1.82) is 0 Å². The lowest BCUT2D eigenvalue weighted by molar-refractivity contribution is 0.0945. The maximum atomic E-state index is 13.8. The van der Waals surface area contributed by atoms with Crippen LogP contribution in [0.2, 0.25) is 5.02 Å². The normalized spacial score (nSPS) is 20.9. The Morgan fingerprint density at radius 1 is 1.04 bits per heavy atom. The third kappa shape index (κ3) is 6.12. The summed E-state index contributed by atoms with van der Waals surface area (Å²) in [6.07, 6.45) is 10.3. The van der Waals surface area contributed by atoms with Crippen LogP contribution in [0.25, 0.3) is 22.3 Å². The molecule has 1 spiro atoms. The summed E-state index contributed by atoms with van der Waals surface area (Å²) >= 11 is 6.96. The summed E-state index contributed by atoms with van der Waals surface area (Å²) in [5, 5.41) is 3.85. The van der Waals surface area contributed by atoms with Crippen LogP contribution in [0.15, 0.2) is 42.7 Å². The summed E-state index contributed by atoms with van der Waals surface area (Å²) in [6, 6.07) is 9.61. The summed E-state index contributed by atoms with van der Waals surface area (Å²) in [4.78, 5) is 32.6. The quantitative estimate of drug-likeness (QED) is 0.247. The molecular formula is C35H42ClN7O2. The number of hydrogen-bond donors (Lipinski definition) is 1. The molecule has 1 N–H and O–H groups in total. The first-order valence-electron chi connectivity index (χ1n) is 16.3. The second-order valence-corrected chi connectivity index (χ2v) is 13.8. The molecule has 4 aromatic rings. The smallest absolute Gasteiger partial charge is 0.258 e. The number of hydrogen-bond acceptors (Lipinski definition) is 7. The molecule has 0 saturated carbocycles. The maximum absolute atomic E-state index is 13.8. The fourth-order valence-electron chi connectivity index (χ4n) is 7.30. The Morgan fingerprint density at radius 3 is 2.62 bits per heavy atom. The first kappa shape index (κ1) is 30.0. The summed E-state index contributed by atoms with van der Waals surface area (Å²) in [5.41, 5.74) is 5.95. The molecule has 2 fully saturated rings. The van der Waals surface area contributed by atoms with E-state index < -0.39 is 0 Å². The van der Waals surface area contributed by atoms with E-state index in [1.807, 2.05) is 19.1 Å². The number of imidazole rings is 1. The van der Waals surface area contributed by atoms with Gasteiger partial charge in [-0.25, -0.2) is 4.98 Å². The van der Waals surface area contributed by atoms with Crippen LogP contribution >= 0.6 is 11.6 Å². The van der Waals surface area contributed by atoms with E-state index in [-0.39, 0.29) is 5.91 Å². The van der Waals surface area contributed by atoms with Gasteiger partial charge in [0.15, 0.2) is 0 Å². The molecule has 3 aromatic heterocycles. The number of pyridine rings is 2. The minimum Gasteiger partial charge on any atom is -0.493 e. The van der Waals surface area contributed by atoms with Crippen LogP contribution in [-0.2, 0) is 6.54 Å². The van der Waals surface area contributed by atoms with Crippen LogP contribution < -0.4 is 15.0 Å². The average molecular weight is 628 g/mol. The first-order valence-corrected chi connectivity index (χ1v) is 16.7. The number of rotatable bonds is 1. The standard InChI is InChI=1S/C35H42ClN7O2/c1-23-5-4-16-45-32-6-11-37-21-26(32)28-18-25(17-24(2)38-28)33(44)40-34-39-29-19-27(36)30(20-31(29)43(34)22-23)42-14-9-35(10-15-42)7-12-41(3)13-8-35/h6,11,17-21,23H,4-5,7-10,12-16,22H2,1-3H3,(H,39,40,44)/t23-/m1/s1. The lowest BCUT2D eigenvalue weighted by Gasteiger charge is -2.47. The number of anilines is 2. The molecule has 0 unspecified atom stereocenters. The van der Waals surface area contributed by atoms with Gasteiger partial charge in [-0.2, -0.15) is 0 Å². The lowest BCUT2D eigenvalue weighted by atomic mass is 9.71. The van der Waals surface area contributed by atoms with Gasteiger partial charge in [0.25, 0.3) is 5.91 Å². The Hall–Kier alpha value is -3.69. The predicted molar refractivity (Wildman–Crippen MR) is 179 cm³/mol. The highest BCUT2D eigenvalue weighted by molar-refractivity contribution is 6.34. The van der Waals surface area contributed by atoms with Gasteiger partial charge in [-0.15, -0.1) is 0 Å². The minimum atomic E-state index is -0.238. The Labute approximate surface area is 270 Å². The molecule has 1 aromatic carbocycles. The Balaban J connectivity index is 1.23. The monoisotopic (exact) mass is 627 g/mol. The van der Waals surface area contributed by atoms with Gasteiger partial charge in [0.2, 0.25) is 5.95 Å². The van der Waals surface area contributed by atoms with Gasteiger partial charge in [0.1, 0.15) is 5.75 Å². The fourth-order valence-corrected chi connectivity index (χ4v) is 7.58. The molecule has 6 heterocycles. The number of piperidine rings is 2. The van der Waals surface area contributed by atoms with Gasteiger partial charge in [0, 0.05) is 43.3 Å². The van der Waals surface area contributed by atoms with Crippen molar-refractivity contribution < 1.29 is 9.53 Å². The zero-order chi connectivity index (χ0) is 31.1. The van der Waals surface area contributed by atoms with Gasteiger partial charge < -0.3 is 19.1 Å². The summed E-state index contributed by atoms with van der Waals surface area (Å²) in [5.74, 6) is 1.34. The molecule has 10 heteroatoms. The molecule has 7 rings (SSSR count). The molecule has 236 valence electrons. The molecule has 45 heavy (non-hydrogen) atoms. The summed E-state index contributed by atoms with van der Waals surface area (Å²) in [7, 11) is 2.23. The Kier molecular flexibility index (Phi) is 8.16. The lowest BCUT2D eigenvalue weighted by Crippen LogP contribution is -2.46. The van der Waals surface area contributed by atoms with Crippen LogP contribution in [0.4, 0.5) is 11.6 Å². The Bertz CT molecular complexity index is 1720. The van der Waals surface area contributed by atoms with Crippen LogP contribution in [-0.4, -0.2) is 70.2 Å². The number of aryl methyl sites for hydroxylation is 1. The fraction of sp³-hybridized carbons (Fsp3) is 0.486.